The zero-order valence-electron chi connectivity index (χ0n) is 10.6. The predicted octanol–water partition coefficient (Wildman–Crippen LogP) is 0.166. The molecule has 1 N–H and O–H groups in total. The monoisotopic (exact) mass is 305 g/mol. The highest BCUT2D eigenvalue weighted by Gasteiger charge is 2.36. The lowest BCUT2D eigenvalue weighted by Gasteiger charge is -2.36. The van der Waals surface area contributed by atoms with E-state index >= 15 is 0 Å². The fraction of sp³-hybridized carbons (Fsp3) is 0.600. The molecule has 2 rings (SSSR count). The van der Waals surface area contributed by atoms with E-state index in [4.69, 9.17) is 5.11 Å². The second-order valence-corrected chi connectivity index (χ2v) is 7.46. The van der Waals surface area contributed by atoms with Gasteiger partial charge in [0.1, 0.15) is 0 Å². The molecule has 1 saturated heterocycles. The first kappa shape index (κ1) is 14.4. The maximum atomic E-state index is 12.5. The molecule has 0 aromatic carbocycles. The van der Waals surface area contributed by atoms with E-state index in [0.29, 0.717) is 19.6 Å². The minimum atomic E-state index is -3.79. The summed E-state index contributed by atoms with van der Waals surface area (Å²) >= 11 is 0.846. The van der Waals surface area contributed by atoms with E-state index in [-0.39, 0.29) is 10.3 Å². The van der Waals surface area contributed by atoms with Crippen molar-refractivity contribution < 1.29 is 18.3 Å². The molecule has 1 atom stereocenters. The van der Waals surface area contributed by atoms with E-state index in [1.807, 2.05) is 18.9 Å². The van der Waals surface area contributed by atoms with Gasteiger partial charge in [-0.1, -0.05) is 0 Å². The van der Waals surface area contributed by atoms with Crippen LogP contribution in [0.25, 0.3) is 0 Å². The van der Waals surface area contributed by atoms with Crippen LogP contribution in [0.4, 0.5) is 0 Å². The number of carboxylic acids is 1. The van der Waals surface area contributed by atoms with E-state index in [1.54, 1.807) is 0 Å². The van der Waals surface area contributed by atoms with Gasteiger partial charge in [0, 0.05) is 25.7 Å². The first-order valence-electron chi connectivity index (χ1n) is 5.71. The number of sulfonamides is 1. The quantitative estimate of drug-likeness (QED) is 0.856. The maximum absolute atomic E-state index is 12.5. The van der Waals surface area contributed by atoms with Crippen LogP contribution in [-0.2, 0) is 10.0 Å². The second-order valence-electron chi connectivity index (χ2n) is 4.52. The molecule has 106 valence electrons. The molecule has 0 saturated carbocycles. The van der Waals surface area contributed by atoms with Crippen molar-refractivity contribution in [3.63, 3.8) is 0 Å². The summed E-state index contributed by atoms with van der Waals surface area (Å²) in [5, 5.41) is 8.98. The Hall–Kier alpha value is -1.03. The Balaban J connectivity index is 2.37. The highest BCUT2D eigenvalue weighted by Crippen LogP contribution is 2.26. The van der Waals surface area contributed by atoms with Crippen LogP contribution < -0.4 is 0 Å². The van der Waals surface area contributed by atoms with Crippen LogP contribution in [0, 0.1) is 0 Å². The van der Waals surface area contributed by atoms with Crippen LogP contribution in [-0.4, -0.2) is 66.4 Å². The van der Waals surface area contributed by atoms with Gasteiger partial charge in [-0.25, -0.2) is 18.2 Å². The van der Waals surface area contributed by atoms with Crippen LogP contribution in [0.2, 0.25) is 0 Å². The van der Waals surface area contributed by atoms with Crippen molar-refractivity contribution in [2.24, 2.45) is 0 Å². The topological polar surface area (TPSA) is 90.8 Å². The van der Waals surface area contributed by atoms with Crippen LogP contribution in [0.15, 0.2) is 9.72 Å². The third-order valence-corrected chi connectivity index (χ3v) is 6.41. The van der Waals surface area contributed by atoms with Gasteiger partial charge in [0.15, 0.2) is 9.90 Å². The summed E-state index contributed by atoms with van der Waals surface area (Å²) in [6, 6.07) is -0.188. The summed E-state index contributed by atoms with van der Waals surface area (Å²) in [7, 11) is -1.86. The Morgan fingerprint density at radius 1 is 1.53 bits per heavy atom. The second kappa shape index (κ2) is 5.16. The van der Waals surface area contributed by atoms with Gasteiger partial charge in [0.05, 0.1) is 5.51 Å². The lowest BCUT2D eigenvalue weighted by atomic mass is 10.2. The number of rotatable bonds is 3. The molecule has 1 aromatic heterocycles. The standard InChI is InChI=1S/C10H15N3O4S2/c1-7-5-12(2)3-4-13(7)19(16,17)10-8(9(14)15)11-6-18-10/h6-7H,3-5H2,1-2H3,(H,14,15). The predicted molar refractivity (Wildman–Crippen MR) is 69.9 cm³/mol. The molecule has 1 fully saturated rings. The number of nitrogens with zero attached hydrogens (tertiary/aromatic N) is 3. The van der Waals surface area contributed by atoms with Gasteiger partial charge in [-0.15, -0.1) is 11.3 Å². The average Bonchev–Trinajstić information content (AvgIpc) is 2.77. The Kier molecular flexibility index (Phi) is 3.90. The molecule has 1 unspecified atom stereocenters. The average molecular weight is 305 g/mol. The maximum Gasteiger partial charge on any atom is 0.356 e. The number of hydrogen-bond acceptors (Lipinski definition) is 6. The van der Waals surface area contributed by atoms with Crippen LogP contribution >= 0.6 is 11.3 Å². The molecule has 19 heavy (non-hydrogen) atoms. The zero-order valence-corrected chi connectivity index (χ0v) is 12.2. The Bertz CT molecular complexity index is 583. The molecule has 0 aliphatic carbocycles. The molecular formula is C10H15N3O4S2. The third kappa shape index (κ3) is 2.64. The Morgan fingerprint density at radius 2 is 2.21 bits per heavy atom. The molecule has 1 aromatic rings. The van der Waals surface area contributed by atoms with Crippen LogP contribution in [0.5, 0.6) is 0 Å². The van der Waals surface area contributed by atoms with Gasteiger partial charge < -0.3 is 10.0 Å². The smallest absolute Gasteiger partial charge is 0.356 e. The number of hydrogen-bond donors (Lipinski definition) is 1. The van der Waals surface area contributed by atoms with E-state index < -0.39 is 21.7 Å². The van der Waals surface area contributed by atoms with Crippen molar-refractivity contribution in [2.75, 3.05) is 26.7 Å². The van der Waals surface area contributed by atoms with Crippen molar-refractivity contribution in [1.82, 2.24) is 14.2 Å². The molecule has 9 heteroatoms. The SMILES string of the molecule is CC1CN(C)CCN1S(=O)(=O)c1scnc1C(=O)O. The van der Waals surface area contributed by atoms with E-state index in [9.17, 15) is 13.2 Å². The number of aromatic nitrogens is 1. The molecule has 7 nitrogen and oxygen atoms in total. The summed E-state index contributed by atoms with van der Waals surface area (Å²) in [5.74, 6) is -1.32. The number of thiazole rings is 1. The van der Waals surface area contributed by atoms with Gasteiger partial charge >= 0.3 is 5.97 Å². The van der Waals surface area contributed by atoms with Crippen molar-refractivity contribution in [2.45, 2.75) is 17.2 Å². The molecule has 0 spiro atoms. The van der Waals surface area contributed by atoms with E-state index in [2.05, 4.69) is 4.98 Å². The number of likely N-dealkylation sites (N-methyl/N-ethyl adjacent to an activating group) is 1. The van der Waals surface area contributed by atoms with Crippen LogP contribution in [0.3, 0.4) is 0 Å². The molecule has 0 amide bonds. The molecule has 1 aliphatic heterocycles. The normalized spacial score (nSPS) is 22.5. The number of piperazine rings is 1. The largest absolute Gasteiger partial charge is 0.476 e. The van der Waals surface area contributed by atoms with Gasteiger partial charge in [-0.3, -0.25) is 0 Å². The van der Waals surface area contributed by atoms with Gasteiger partial charge in [-0.05, 0) is 14.0 Å². The Labute approximate surface area is 115 Å². The van der Waals surface area contributed by atoms with E-state index in [0.717, 1.165) is 11.3 Å². The molecule has 2 heterocycles. The van der Waals surface area contributed by atoms with Crippen molar-refractivity contribution >= 4 is 27.3 Å². The fourth-order valence-corrected chi connectivity index (χ4v) is 5.02. The molecule has 0 bridgehead atoms. The van der Waals surface area contributed by atoms with Gasteiger partial charge in [0.2, 0.25) is 0 Å². The summed E-state index contributed by atoms with van der Waals surface area (Å²) in [6.07, 6.45) is 0. The van der Waals surface area contributed by atoms with Gasteiger partial charge in [0.25, 0.3) is 10.0 Å². The lowest BCUT2D eigenvalue weighted by molar-refractivity contribution is 0.0686. The first-order chi connectivity index (χ1) is 8.84. The van der Waals surface area contributed by atoms with Gasteiger partial charge in [-0.2, -0.15) is 4.31 Å². The third-order valence-electron chi connectivity index (χ3n) is 3.05. The lowest BCUT2D eigenvalue weighted by Crippen LogP contribution is -2.52. The minimum Gasteiger partial charge on any atom is -0.476 e. The number of carbonyl (C=O) groups is 1. The van der Waals surface area contributed by atoms with Crippen molar-refractivity contribution in [3.8, 4) is 0 Å². The molecule has 0 radical (unpaired) electrons. The minimum absolute atomic E-state index is 0.184. The fourth-order valence-electron chi connectivity index (χ4n) is 2.15. The highest BCUT2D eigenvalue weighted by atomic mass is 32.2. The van der Waals surface area contributed by atoms with Crippen LogP contribution in [0.1, 0.15) is 17.4 Å². The summed E-state index contributed by atoms with van der Waals surface area (Å²) < 4.78 is 26.2. The zero-order chi connectivity index (χ0) is 14.2. The Morgan fingerprint density at radius 3 is 2.79 bits per heavy atom. The summed E-state index contributed by atoms with van der Waals surface area (Å²) in [5.41, 5.74) is 0.855. The van der Waals surface area contributed by atoms with Crippen molar-refractivity contribution in [1.29, 1.82) is 0 Å². The summed E-state index contributed by atoms with van der Waals surface area (Å²) in [4.78, 5) is 16.7. The summed E-state index contributed by atoms with van der Waals surface area (Å²) in [6.45, 7) is 3.43. The first-order valence-corrected chi connectivity index (χ1v) is 8.03. The number of aromatic carboxylic acids is 1. The number of carboxylic acid groups (broad SMARTS) is 1. The molecule has 1 aliphatic rings. The highest BCUT2D eigenvalue weighted by molar-refractivity contribution is 7.91. The van der Waals surface area contributed by atoms with E-state index in [1.165, 1.54) is 9.82 Å². The molecular weight excluding hydrogens is 290 g/mol. The van der Waals surface area contributed by atoms with Crippen molar-refractivity contribution in [3.05, 3.63) is 11.2 Å².